The van der Waals surface area contributed by atoms with Gasteiger partial charge in [-0.25, -0.2) is 0 Å². The summed E-state index contributed by atoms with van der Waals surface area (Å²) in [5.74, 6) is 0. The highest BCUT2D eigenvalue weighted by Gasteiger charge is 1.80. The maximum Gasteiger partial charge on any atom is 0.0961 e. The van der Waals surface area contributed by atoms with Crippen molar-refractivity contribution in [2.75, 3.05) is 26.9 Å². The first-order chi connectivity index (χ1) is 3.91. The van der Waals surface area contributed by atoms with Crippen molar-refractivity contribution in [2.45, 2.75) is 6.42 Å². The summed E-state index contributed by atoms with van der Waals surface area (Å²) in [7, 11) is 1.66. The van der Waals surface area contributed by atoms with Crippen molar-refractivity contribution >= 4 is 0 Å². The molecule has 0 saturated carbocycles. The minimum atomic E-state index is 0.625. The molecule has 0 rings (SSSR count). The van der Waals surface area contributed by atoms with Crippen LogP contribution in [0.2, 0.25) is 0 Å². The average molecular weight is 118 g/mol. The highest BCUT2D eigenvalue weighted by atomic mass is 16.5. The summed E-state index contributed by atoms with van der Waals surface area (Å²) in [6.45, 7) is 2.32. The molecule has 50 valence electrons. The van der Waals surface area contributed by atoms with Gasteiger partial charge in [-0.2, -0.15) is 0 Å². The summed E-state index contributed by atoms with van der Waals surface area (Å²) >= 11 is 0. The third-order valence-electron chi connectivity index (χ3n) is 0.804. The molecular formula is C5H14N2O. The zero-order chi connectivity index (χ0) is 6.24. The number of ether oxygens (including phenoxy) is 1. The van der Waals surface area contributed by atoms with Crippen LogP contribution in [0.25, 0.3) is 0 Å². The lowest BCUT2D eigenvalue weighted by Crippen LogP contribution is -2.20. The molecule has 0 aromatic heterocycles. The molecule has 0 saturated heterocycles. The SMILES string of the molecule is COCNCCCN. The van der Waals surface area contributed by atoms with Gasteiger partial charge in [0.15, 0.2) is 0 Å². The summed E-state index contributed by atoms with van der Waals surface area (Å²) in [4.78, 5) is 0. The van der Waals surface area contributed by atoms with Crippen LogP contribution in [0.3, 0.4) is 0 Å². The molecule has 0 unspecified atom stereocenters. The van der Waals surface area contributed by atoms with Gasteiger partial charge in [-0.15, -0.1) is 0 Å². The summed E-state index contributed by atoms with van der Waals surface area (Å²) in [5, 5.41) is 3.03. The van der Waals surface area contributed by atoms with E-state index >= 15 is 0 Å². The van der Waals surface area contributed by atoms with Crippen LogP contribution in [0.1, 0.15) is 6.42 Å². The van der Waals surface area contributed by atoms with Crippen molar-refractivity contribution in [2.24, 2.45) is 5.73 Å². The van der Waals surface area contributed by atoms with E-state index in [2.05, 4.69) is 5.32 Å². The number of nitrogens with two attached hydrogens (primary N) is 1. The van der Waals surface area contributed by atoms with Crippen LogP contribution < -0.4 is 11.1 Å². The third kappa shape index (κ3) is 5.88. The Labute approximate surface area is 50.2 Å². The van der Waals surface area contributed by atoms with Gasteiger partial charge in [0.25, 0.3) is 0 Å². The van der Waals surface area contributed by atoms with Gasteiger partial charge < -0.3 is 10.5 Å². The average Bonchev–Trinajstić information content (AvgIpc) is 1.81. The van der Waals surface area contributed by atoms with Gasteiger partial charge in [-0.05, 0) is 19.5 Å². The summed E-state index contributed by atoms with van der Waals surface area (Å²) in [6.07, 6.45) is 1.02. The van der Waals surface area contributed by atoms with E-state index in [9.17, 15) is 0 Å². The lowest BCUT2D eigenvalue weighted by Gasteiger charge is -1.99. The van der Waals surface area contributed by atoms with Crippen LogP contribution in [-0.4, -0.2) is 26.9 Å². The van der Waals surface area contributed by atoms with Gasteiger partial charge in [0.1, 0.15) is 0 Å². The first-order valence-corrected chi connectivity index (χ1v) is 2.81. The van der Waals surface area contributed by atoms with E-state index in [1.807, 2.05) is 0 Å². The second-order valence-electron chi connectivity index (χ2n) is 1.58. The van der Waals surface area contributed by atoms with Crippen LogP contribution >= 0.6 is 0 Å². The Kier molecular flexibility index (Phi) is 6.78. The second kappa shape index (κ2) is 6.88. The molecule has 8 heavy (non-hydrogen) atoms. The van der Waals surface area contributed by atoms with E-state index in [1.165, 1.54) is 0 Å². The van der Waals surface area contributed by atoms with Crippen molar-refractivity contribution in [1.29, 1.82) is 0 Å². The molecule has 0 aliphatic carbocycles. The van der Waals surface area contributed by atoms with Gasteiger partial charge >= 0.3 is 0 Å². The molecule has 0 amide bonds. The van der Waals surface area contributed by atoms with Gasteiger partial charge in [-0.1, -0.05) is 0 Å². The van der Waals surface area contributed by atoms with Gasteiger partial charge in [0.2, 0.25) is 0 Å². The standard InChI is InChI=1S/C5H14N2O/c1-8-5-7-4-2-3-6/h7H,2-6H2,1H3. The molecule has 3 N–H and O–H groups in total. The molecule has 0 aliphatic heterocycles. The molecule has 3 heteroatoms. The molecule has 0 fully saturated rings. The van der Waals surface area contributed by atoms with Crippen LogP contribution in [0, 0.1) is 0 Å². The Morgan fingerprint density at radius 1 is 1.62 bits per heavy atom. The molecule has 0 bridgehead atoms. The number of hydrogen-bond acceptors (Lipinski definition) is 3. The lowest BCUT2D eigenvalue weighted by atomic mass is 10.4. The largest absolute Gasteiger partial charge is 0.370 e. The van der Waals surface area contributed by atoms with E-state index < -0.39 is 0 Å². The lowest BCUT2D eigenvalue weighted by molar-refractivity contribution is 0.175. The minimum absolute atomic E-state index is 0.625. The molecular weight excluding hydrogens is 104 g/mol. The first-order valence-electron chi connectivity index (χ1n) is 2.81. The summed E-state index contributed by atoms with van der Waals surface area (Å²) in [6, 6.07) is 0. The van der Waals surface area contributed by atoms with Crippen molar-refractivity contribution in [1.82, 2.24) is 5.32 Å². The van der Waals surface area contributed by atoms with Crippen LogP contribution in [-0.2, 0) is 4.74 Å². The Morgan fingerprint density at radius 2 is 2.38 bits per heavy atom. The fourth-order valence-electron chi connectivity index (χ4n) is 0.401. The fourth-order valence-corrected chi connectivity index (χ4v) is 0.401. The zero-order valence-electron chi connectivity index (χ0n) is 5.31. The smallest absolute Gasteiger partial charge is 0.0961 e. The molecule has 3 nitrogen and oxygen atoms in total. The monoisotopic (exact) mass is 118 g/mol. The summed E-state index contributed by atoms with van der Waals surface area (Å²) in [5.41, 5.74) is 5.23. The van der Waals surface area contributed by atoms with Gasteiger partial charge in [0.05, 0.1) is 6.73 Å². The van der Waals surface area contributed by atoms with E-state index in [0.717, 1.165) is 19.5 Å². The molecule has 0 aromatic rings. The summed E-state index contributed by atoms with van der Waals surface area (Å²) < 4.78 is 4.74. The maximum atomic E-state index is 5.23. The number of rotatable bonds is 5. The van der Waals surface area contributed by atoms with Crippen molar-refractivity contribution in [3.05, 3.63) is 0 Å². The van der Waals surface area contributed by atoms with Crippen molar-refractivity contribution in [3.63, 3.8) is 0 Å². The Bertz CT molecular complexity index is 35.4. The van der Waals surface area contributed by atoms with Gasteiger partial charge in [0, 0.05) is 7.11 Å². The highest BCUT2D eigenvalue weighted by Crippen LogP contribution is 1.67. The Hall–Kier alpha value is -0.120. The maximum absolute atomic E-state index is 5.23. The van der Waals surface area contributed by atoms with Crippen LogP contribution in [0.5, 0.6) is 0 Å². The predicted octanol–water partition coefficient (Wildman–Crippen LogP) is -0.471. The van der Waals surface area contributed by atoms with Crippen molar-refractivity contribution < 1.29 is 4.74 Å². The van der Waals surface area contributed by atoms with E-state index in [4.69, 9.17) is 10.5 Å². The minimum Gasteiger partial charge on any atom is -0.370 e. The molecule has 0 atom stereocenters. The van der Waals surface area contributed by atoms with Crippen LogP contribution in [0.15, 0.2) is 0 Å². The second-order valence-corrected chi connectivity index (χ2v) is 1.58. The Morgan fingerprint density at radius 3 is 2.88 bits per heavy atom. The zero-order valence-corrected chi connectivity index (χ0v) is 5.31. The molecule has 0 heterocycles. The molecule has 0 radical (unpaired) electrons. The van der Waals surface area contributed by atoms with E-state index in [-0.39, 0.29) is 0 Å². The molecule has 0 aromatic carbocycles. The van der Waals surface area contributed by atoms with E-state index in [0.29, 0.717) is 6.73 Å². The molecule has 0 spiro atoms. The highest BCUT2D eigenvalue weighted by molar-refractivity contribution is 4.40. The molecule has 0 aliphatic rings. The number of methoxy groups -OCH3 is 1. The first kappa shape index (κ1) is 7.88. The van der Waals surface area contributed by atoms with Gasteiger partial charge in [-0.3, -0.25) is 5.32 Å². The normalized spacial score (nSPS) is 9.75. The van der Waals surface area contributed by atoms with Crippen LogP contribution in [0.4, 0.5) is 0 Å². The number of hydrogen-bond donors (Lipinski definition) is 2. The third-order valence-corrected chi connectivity index (χ3v) is 0.804. The fraction of sp³-hybridized carbons (Fsp3) is 1.00. The van der Waals surface area contributed by atoms with Crippen molar-refractivity contribution in [3.8, 4) is 0 Å². The number of nitrogens with one attached hydrogen (secondary N) is 1. The quantitative estimate of drug-likeness (QED) is 0.379. The Balaban J connectivity index is 2.53. The predicted molar refractivity (Wildman–Crippen MR) is 33.6 cm³/mol. The topological polar surface area (TPSA) is 47.3 Å². The van der Waals surface area contributed by atoms with E-state index in [1.54, 1.807) is 7.11 Å².